The van der Waals surface area contributed by atoms with E-state index in [0.29, 0.717) is 5.92 Å². The summed E-state index contributed by atoms with van der Waals surface area (Å²) in [4.78, 5) is 4.31. The first-order valence-corrected chi connectivity index (χ1v) is 6.36. The van der Waals surface area contributed by atoms with Gasteiger partial charge in [-0.25, -0.2) is 4.98 Å². The molecule has 2 aliphatic rings. The molecule has 3 nitrogen and oxygen atoms in total. The Balaban J connectivity index is 1.82. The molecule has 1 heterocycles. The minimum Gasteiger partial charge on any atom is -0.393 e. The Hall–Kier alpha value is -0.450. The van der Waals surface area contributed by atoms with Crippen LogP contribution < -0.4 is 0 Å². The van der Waals surface area contributed by atoms with Crippen LogP contribution in [0.2, 0.25) is 0 Å². The van der Waals surface area contributed by atoms with Crippen molar-refractivity contribution in [3.05, 3.63) is 16.6 Å². The van der Waals surface area contributed by atoms with Crippen molar-refractivity contribution in [2.75, 3.05) is 0 Å². The van der Waals surface area contributed by atoms with E-state index < -0.39 is 0 Å². The molecule has 2 fully saturated rings. The molecule has 2 saturated carbocycles. The summed E-state index contributed by atoms with van der Waals surface area (Å²) in [5.41, 5.74) is -0.0461. The van der Waals surface area contributed by atoms with E-state index >= 15 is 0 Å². The standard InChI is InChI=1S/C11H15NO2S/c13-7-1-2-9(14)11(5-7)6-8(11)10-12-3-4-15-10/h3-4,7-9,13-14H,1-2,5-6H2. The number of aliphatic hydroxyl groups excluding tert-OH is 2. The SMILES string of the molecule is OC1CCC(O)C2(C1)CC2c1nccs1. The number of aliphatic hydroxyl groups is 2. The molecule has 4 heteroatoms. The fourth-order valence-electron chi connectivity index (χ4n) is 2.97. The molecule has 3 rings (SSSR count). The summed E-state index contributed by atoms with van der Waals surface area (Å²) in [5.74, 6) is 0.391. The van der Waals surface area contributed by atoms with E-state index in [-0.39, 0.29) is 17.6 Å². The van der Waals surface area contributed by atoms with Gasteiger partial charge in [0.2, 0.25) is 0 Å². The lowest BCUT2D eigenvalue weighted by Crippen LogP contribution is -2.34. The number of aromatic nitrogens is 1. The average molecular weight is 225 g/mol. The van der Waals surface area contributed by atoms with Crippen molar-refractivity contribution >= 4 is 11.3 Å². The van der Waals surface area contributed by atoms with E-state index in [1.165, 1.54) is 0 Å². The maximum Gasteiger partial charge on any atom is 0.0962 e. The third kappa shape index (κ3) is 1.43. The topological polar surface area (TPSA) is 53.4 Å². The van der Waals surface area contributed by atoms with Gasteiger partial charge in [0.05, 0.1) is 17.2 Å². The van der Waals surface area contributed by atoms with Gasteiger partial charge in [0.25, 0.3) is 0 Å². The zero-order valence-corrected chi connectivity index (χ0v) is 9.28. The molecule has 4 atom stereocenters. The smallest absolute Gasteiger partial charge is 0.0962 e. The minimum atomic E-state index is -0.241. The summed E-state index contributed by atoms with van der Waals surface area (Å²) >= 11 is 1.66. The van der Waals surface area contributed by atoms with Crippen LogP contribution >= 0.6 is 11.3 Å². The second-order valence-corrected chi connectivity index (χ2v) is 5.74. The number of hydrogen-bond donors (Lipinski definition) is 2. The van der Waals surface area contributed by atoms with Crippen LogP contribution in [0, 0.1) is 5.41 Å². The first-order valence-electron chi connectivity index (χ1n) is 5.48. The second kappa shape index (κ2) is 3.27. The molecule has 0 amide bonds. The van der Waals surface area contributed by atoms with Gasteiger partial charge in [-0.05, 0) is 25.7 Å². The van der Waals surface area contributed by atoms with E-state index in [2.05, 4.69) is 4.98 Å². The van der Waals surface area contributed by atoms with Crippen molar-refractivity contribution in [1.29, 1.82) is 0 Å². The van der Waals surface area contributed by atoms with Gasteiger partial charge < -0.3 is 10.2 Å². The highest BCUT2D eigenvalue weighted by Crippen LogP contribution is 2.66. The van der Waals surface area contributed by atoms with Gasteiger partial charge in [-0.2, -0.15) is 0 Å². The fraction of sp³-hybridized carbons (Fsp3) is 0.727. The van der Waals surface area contributed by atoms with Gasteiger partial charge in [0.1, 0.15) is 0 Å². The molecule has 0 aromatic carbocycles. The predicted molar refractivity (Wildman–Crippen MR) is 57.8 cm³/mol. The van der Waals surface area contributed by atoms with E-state index in [0.717, 1.165) is 30.7 Å². The number of thiazole rings is 1. The third-order valence-corrected chi connectivity index (χ3v) is 4.81. The van der Waals surface area contributed by atoms with Gasteiger partial charge in [-0.1, -0.05) is 0 Å². The molecule has 0 bridgehead atoms. The Bertz CT molecular complexity index is 353. The summed E-state index contributed by atoms with van der Waals surface area (Å²) in [6.45, 7) is 0. The Morgan fingerprint density at radius 3 is 2.93 bits per heavy atom. The van der Waals surface area contributed by atoms with Crippen LogP contribution in [-0.2, 0) is 0 Å². The molecule has 15 heavy (non-hydrogen) atoms. The van der Waals surface area contributed by atoms with Crippen LogP contribution in [0.25, 0.3) is 0 Å². The van der Waals surface area contributed by atoms with Gasteiger partial charge in [0, 0.05) is 22.9 Å². The second-order valence-electron chi connectivity index (χ2n) is 4.81. The summed E-state index contributed by atoms with van der Waals surface area (Å²) in [6, 6.07) is 0. The molecule has 1 aromatic heterocycles. The minimum absolute atomic E-state index is 0.0461. The van der Waals surface area contributed by atoms with Gasteiger partial charge in [0.15, 0.2) is 0 Å². The summed E-state index contributed by atoms with van der Waals surface area (Å²) in [7, 11) is 0. The fourth-order valence-corrected chi connectivity index (χ4v) is 3.83. The number of nitrogens with zero attached hydrogens (tertiary/aromatic N) is 1. The van der Waals surface area contributed by atoms with Crippen molar-refractivity contribution in [2.24, 2.45) is 5.41 Å². The normalized spacial score (nSPS) is 44.5. The van der Waals surface area contributed by atoms with Crippen molar-refractivity contribution in [2.45, 2.75) is 43.8 Å². The van der Waals surface area contributed by atoms with E-state index in [1.54, 1.807) is 11.3 Å². The largest absolute Gasteiger partial charge is 0.393 e. The maximum atomic E-state index is 10.1. The van der Waals surface area contributed by atoms with E-state index in [4.69, 9.17) is 0 Å². The first-order chi connectivity index (χ1) is 7.22. The van der Waals surface area contributed by atoms with Crippen molar-refractivity contribution in [3.63, 3.8) is 0 Å². The summed E-state index contributed by atoms with van der Waals surface area (Å²) in [5, 5.41) is 22.8. The van der Waals surface area contributed by atoms with Crippen LogP contribution in [0.15, 0.2) is 11.6 Å². The molecule has 0 radical (unpaired) electrons. The highest BCUT2D eigenvalue weighted by atomic mass is 32.1. The Morgan fingerprint density at radius 2 is 2.20 bits per heavy atom. The highest BCUT2D eigenvalue weighted by molar-refractivity contribution is 7.09. The highest BCUT2D eigenvalue weighted by Gasteiger charge is 2.62. The van der Waals surface area contributed by atoms with Crippen LogP contribution in [0.3, 0.4) is 0 Å². The molecule has 1 aromatic rings. The van der Waals surface area contributed by atoms with E-state index in [9.17, 15) is 10.2 Å². The van der Waals surface area contributed by atoms with Gasteiger partial charge in [-0.15, -0.1) is 11.3 Å². The van der Waals surface area contributed by atoms with Gasteiger partial charge in [-0.3, -0.25) is 0 Å². The number of hydrogen-bond acceptors (Lipinski definition) is 4. The molecule has 0 aliphatic heterocycles. The van der Waals surface area contributed by atoms with Crippen molar-refractivity contribution < 1.29 is 10.2 Å². The molecule has 4 unspecified atom stereocenters. The summed E-state index contributed by atoms with van der Waals surface area (Å²) < 4.78 is 0. The summed E-state index contributed by atoms with van der Waals surface area (Å²) in [6.07, 6.45) is 4.58. The molecule has 1 spiro atoms. The quantitative estimate of drug-likeness (QED) is 0.762. The van der Waals surface area contributed by atoms with Crippen LogP contribution in [0.1, 0.15) is 36.6 Å². The Kier molecular flexibility index (Phi) is 2.13. The molecule has 2 N–H and O–H groups in total. The molecular weight excluding hydrogens is 210 g/mol. The zero-order chi connectivity index (χ0) is 10.5. The van der Waals surface area contributed by atoms with Crippen molar-refractivity contribution in [1.82, 2.24) is 4.98 Å². The van der Waals surface area contributed by atoms with Crippen LogP contribution in [0.5, 0.6) is 0 Å². The van der Waals surface area contributed by atoms with Gasteiger partial charge >= 0.3 is 0 Å². The Morgan fingerprint density at radius 1 is 1.33 bits per heavy atom. The molecule has 2 aliphatic carbocycles. The van der Waals surface area contributed by atoms with Crippen LogP contribution in [-0.4, -0.2) is 27.4 Å². The lowest BCUT2D eigenvalue weighted by molar-refractivity contribution is -0.00890. The molecular formula is C11H15NO2S. The molecule has 0 saturated heterocycles. The Labute approximate surface area is 92.8 Å². The van der Waals surface area contributed by atoms with E-state index in [1.807, 2.05) is 11.6 Å². The molecule has 82 valence electrons. The lowest BCUT2D eigenvalue weighted by Gasteiger charge is -2.31. The monoisotopic (exact) mass is 225 g/mol. The third-order valence-electron chi connectivity index (χ3n) is 3.92. The zero-order valence-electron chi connectivity index (χ0n) is 8.47. The lowest BCUT2D eigenvalue weighted by atomic mass is 9.80. The van der Waals surface area contributed by atoms with Crippen molar-refractivity contribution in [3.8, 4) is 0 Å². The van der Waals surface area contributed by atoms with Crippen LogP contribution in [0.4, 0.5) is 0 Å². The average Bonchev–Trinajstić information content (AvgIpc) is 2.71. The number of rotatable bonds is 1. The first kappa shape index (κ1) is 9.75. The predicted octanol–water partition coefficient (Wildman–Crippen LogP) is 1.52. The maximum absolute atomic E-state index is 10.1.